The summed E-state index contributed by atoms with van der Waals surface area (Å²) in [7, 11) is 1.63. The molecule has 2 aliphatic rings. The zero-order valence-corrected chi connectivity index (χ0v) is 27.9. The normalized spacial score (nSPS) is 18.7. The molecular formula is C33H40BrF3N6O3. The lowest BCUT2D eigenvalue weighted by Crippen LogP contribution is -2.53. The third-order valence-electron chi connectivity index (χ3n) is 7.92. The van der Waals surface area contributed by atoms with Gasteiger partial charge in [0.05, 0.1) is 25.9 Å². The summed E-state index contributed by atoms with van der Waals surface area (Å²) in [6.45, 7) is 7.71. The Bertz CT molecular complexity index is 1480. The summed E-state index contributed by atoms with van der Waals surface area (Å²) in [6.07, 6.45) is 0.745. The molecule has 9 nitrogen and oxygen atoms in total. The zero-order valence-electron chi connectivity index (χ0n) is 26.2. The maximum absolute atomic E-state index is 14.4. The van der Waals surface area contributed by atoms with Crippen molar-refractivity contribution in [2.24, 2.45) is 4.99 Å². The second-order valence-corrected chi connectivity index (χ2v) is 11.4. The first kappa shape index (κ1) is 35.0. The number of piperazine rings is 1. The molecule has 3 aromatic rings. The van der Waals surface area contributed by atoms with E-state index in [1.165, 1.54) is 0 Å². The summed E-state index contributed by atoms with van der Waals surface area (Å²) in [5, 5.41) is 3.45. The number of ether oxygens (including phenoxy) is 2. The van der Waals surface area contributed by atoms with Crippen LogP contribution in [0.25, 0.3) is 0 Å². The molecule has 2 fully saturated rings. The van der Waals surface area contributed by atoms with E-state index in [9.17, 15) is 18.0 Å². The largest absolute Gasteiger partial charge is 0.497 e. The third kappa shape index (κ3) is 8.91. The average molecular weight is 706 g/mol. The Morgan fingerprint density at radius 1 is 0.935 bits per heavy atom. The number of benzene rings is 2. The minimum absolute atomic E-state index is 0. The van der Waals surface area contributed by atoms with Gasteiger partial charge in [0.2, 0.25) is 0 Å². The van der Waals surface area contributed by atoms with Gasteiger partial charge in [-0.2, -0.15) is 9.37 Å². The third-order valence-corrected chi connectivity index (χ3v) is 7.92. The number of aliphatic imine (C=N–C) groups is 1. The fourth-order valence-electron chi connectivity index (χ4n) is 5.61. The topological polar surface area (TPSA) is 82.5 Å². The highest BCUT2D eigenvalue weighted by Crippen LogP contribution is 2.21. The molecule has 2 unspecified atom stereocenters. The summed E-state index contributed by atoms with van der Waals surface area (Å²) in [5.41, 5.74) is 2.70. The number of anilines is 1. The number of nitrogens with one attached hydrogen (secondary N) is 1. The minimum Gasteiger partial charge on any atom is -0.497 e. The molecule has 1 N–H and O–H groups in total. The minimum atomic E-state index is -1.32. The van der Waals surface area contributed by atoms with Gasteiger partial charge in [-0.1, -0.05) is 24.3 Å². The van der Waals surface area contributed by atoms with Crippen LogP contribution >= 0.6 is 17.0 Å². The van der Waals surface area contributed by atoms with Gasteiger partial charge < -0.3 is 29.5 Å². The Hall–Kier alpha value is -3.84. The molecule has 46 heavy (non-hydrogen) atoms. The number of halogens is 4. The quantitative estimate of drug-likeness (QED) is 0.204. The number of rotatable bonds is 8. The van der Waals surface area contributed by atoms with Crippen LogP contribution in [-0.2, 0) is 17.7 Å². The smallest absolute Gasteiger partial charge is 0.254 e. The fourth-order valence-corrected chi connectivity index (χ4v) is 5.61. The number of carbonyl (C=O) groups is 1. The second kappa shape index (κ2) is 16.1. The molecule has 5 rings (SSSR count). The van der Waals surface area contributed by atoms with Crippen LogP contribution in [0.5, 0.6) is 5.75 Å². The molecule has 0 bridgehead atoms. The molecule has 2 saturated heterocycles. The number of pyridine rings is 1. The predicted molar refractivity (Wildman–Crippen MR) is 176 cm³/mol. The van der Waals surface area contributed by atoms with Crippen LogP contribution in [0.4, 0.5) is 19.0 Å². The lowest BCUT2D eigenvalue weighted by atomic mass is 10.1. The summed E-state index contributed by atoms with van der Waals surface area (Å²) in [5.74, 6) is -2.27. The van der Waals surface area contributed by atoms with Crippen molar-refractivity contribution in [1.29, 1.82) is 0 Å². The predicted octanol–water partition coefficient (Wildman–Crippen LogP) is 4.85. The number of hydrogen-bond donors (Lipinski definition) is 1. The Morgan fingerprint density at radius 2 is 1.57 bits per heavy atom. The van der Waals surface area contributed by atoms with E-state index >= 15 is 0 Å². The van der Waals surface area contributed by atoms with Crippen molar-refractivity contribution >= 4 is 34.7 Å². The number of carbonyl (C=O) groups excluding carboxylic acids is 1. The van der Waals surface area contributed by atoms with Crippen molar-refractivity contribution in [1.82, 2.24) is 20.1 Å². The van der Waals surface area contributed by atoms with Crippen LogP contribution in [0.15, 0.2) is 59.6 Å². The van der Waals surface area contributed by atoms with E-state index in [1.54, 1.807) is 12.0 Å². The van der Waals surface area contributed by atoms with E-state index in [4.69, 9.17) is 14.5 Å². The molecule has 0 aliphatic carbocycles. The van der Waals surface area contributed by atoms with Crippen molar-refractivity contribution < 1.29 is 27.4 Å². The highest BCUT2D eigenvalue weighted by atomic mass is 79.9. The Labute approximate surface area is 278 Å². The van der Waals surface area contributed by atoms with E-state index in [1.807, 2.05) is 67.3 Å². The van der Waals surface area contributed by atoms with Gasteiger partial charge in [0.25, 0.3) is 11.9 Å². The van der Waals surface area contributed by atoms with Crippen LogP contribution in [0, 0.1) is 17.6 Å². The van der Waals surface area contributed by atoms with Gasteiger partial charge in [0.15, 0.2) is 23.4 Å². The van der Waals surface area contributed by atoms with Gasteiger partial charge in [0.1, 0.15) is 5.75 Å². The highest BCUT2D eigenvalue weighted by molar-refractivity contribution is 8.93. The van der Waals surface area contributed by atoms with Crippen LogP contribution in [0.1, 0.15) is 35.3 Å². The molecule has 2 aromatic carbocycles. The van der Waals surface area contributed by atoms with Gasteiger partial charge in [-0.15, -0.1) is 17.0 Å². The second-order valence-electron chi connectivity index (χ2n) is 11.4. The van der Waals surface area contributed by atoms with Crippen LogP contribution < -0.4 is 15.0 Å². The number of nitrogens with zero attached hydrogens (tertiary/aromatic N) is 5. The van der Waals surface area contributed by atoms with Gasteiger partial charge in [-0.05, 0) is 55.7 Å². The molecule has 2 aliphatic heterocycles. The number of hydrogen-bond acceptors (Lipinski definition) is 6. The van der Waals surface area contributed by atoms with Gasteiger partial charge in [-0.25, -0.2) is 13.8 Å². The first-order valence-corrected chi connectivity index (χ1v) is 15.2. The Morgan fingerprint density at radius 3 is 2.20 bits per heavy atom. The molecule has 0 saturated carbocycles. The summed E-state index contributed by atoms with van der Waals surface area (Å²) >= 11 is 0. The summed E-state index contributed by atoms with van der Waals surface area (Å²) < 4.78 is 52.5. The molecular weight excluding hydrogens is 665 g/mol. The van der Waals surface area contributed by atoms with Crippen molar-refractivity contribution in [3.8, 4) is 5.75 Å². The van der Waals surface area contributed by atoms with Gasteiger partial charge >= 0.3 is 0 Å². The van der Waals surface area contributed by atoms with E-state index in [0.29, 0.717) is 69.9 Å². The number of guanidine groups is 1. The molecule has 1 aromatic heterocycles. The number of amides is 1. The van der Waals surface area contributed by atoms with Crippen LogP contribution in [-0.4, -0.2) is 91.8 Å². The van der Waals surface area contributed by atoms with Crippen LogP contribution in [0.2, 0.25) is 0 Å². The maximum Gasteiger partial charge on any atom is 0.254 e. The molecule has 0 spiro atoms. The van der Waals surface area contributed by atoms with Crippen molar-refractivity contribution in [3.05, 3.63) is 88.9 Å². The first-order valence-electron chi connectivity index (χ1n) is 15.2. The number of aromatic nitrogens is 1. The van der Waals surface area contributed by atoms with E-state index < -0.39 is 17.6 Å². The highest BCUT2D eigenvalue weighted by Gasteiger charge is 2.27. The molecule has 13 heteroatoms. The summed E-state index contributed by atoms with van der Waals surface area (Å²) in [6, 6.07) is 15.9. The molecule has 3 heterocycles. The molecule has 0 radical (unpaired) electrons. The van der Waals surface area contributed by atoms with E-state index in [-0.39, 0.29) is 40.9 Å². The lowest BCUT2D eigenvalue weighted by molar-refractivity contribution is -0.0586. The maximum atomic E-state index is 14.4. The van der Waals surface area contributed by atoms with Crippen molar-refractivity contribution in [2.75, 3.05) is 57.8 Å². The average Bonchev–Trinajstić information content (AvgIpc) is 3.04. The molecule has 2 atom stereocenters. The van der Waals surface area contributed by atoms with Crippen LogP contribution in [0.3, 0.4) is 0 Å². The van der Waals surface area contributed by atoms with Crippen molar-refractivity contribution in [3.63, 3.8) is 0 Å². The fraction of sp³-hybridized carbons (Fsp3) is 0.424. The Balaban J connectivity index is 0.00000480. The Kier molecular flexibility index (Phi) is 12.3. The molecule has 248 valence electrons. The first-order chi connectivity index (χ1) is 21.7. The number of morpholine rings is 1. The SMILES string of the molecule is Br.COc1ccc(CCNC(=NCc2ccc(C(=O)N3CC(C)OC(C)C3)cc2)N2CCN(c3nc(F)c(F)cc3F)CC2)cc1. The summed E-state index contributed by atoms with van der Waals surface area (Å²) in [4.78, 5) is 27.0. The van der Waals surface area contributed by atoms with Crippen molar-refractivity contribution in [2.45, 2.75) is 39.0 Å². The molecule has 1 amide bonds. The standard InChI is InChI=1S/C33H39F3N6O3.BrH/c1-22-20-42(21-23(2)45-22)32(43)26-8-4-25(5-9-26)19-38-33(37-13-12-24-6-10-27(44-3)11-7-24)41-16-14-40(15-17-41)31-29(35)18-28(34)30(36)39-31;/h4-11,18,22-23H,12-17,19-21H2,1-3H3,(H,37,38);1H. The van der Waals surface area contributed by atoms with E-state index in [2.05, 4.69) is 15.2 Å². The number of methoxy groups -OCH3 is 1. The zero-order chi connectivity index (χ0) is 31.9. The lowest BCUT2D eigenvalue weighted by Gasteiger charge is -2.37. The van der Waals surface area contributed by atoms with Gasteiger partial charge in [0, 0.05) is 57.4 Å². The van der Waals surface area contributed by atoms with E-state index in [0.717, 1.165) is 23.3 Å². The van der Waals surface area contributed by atoms with Gasteiger partial charge in [-0.3, -0.25) is 4.79 Å². The monoisotopic (exact) mass is 704 g/mol.